The summed E-state index contributed by atoms with van der Waals surface area (Å²) in [5.74, 6) is 2.91. The van der Waals surface area contributed by atoms with E-state index >= 15 is 0 Å². The van der Waals surface area contributed by atoms with Crippen LogP contribution in [0.3, 0.4) is 0 Å². The van der Waals surface area contributed by atoms with E-state index in [-0.39, 0.29) is 6.04 Å². The van der Waals surface area contributed by atoms with Gasteiger partial charge in [0, 0.05) is 44.4 Å². The van der Waals surface area contributed by atoms with Gasteiger partial charge >= 0.3 is 0 Å². The molecule has 0 bridgehead atoms. The van der Waals surface area contributed by atoms with Gasteiger partial charge in [0.15, 0.2) is 5.96 Å². The lowest BCUT2D eigenvalue weighted by atomic mass is 10.1. The Bertz CT molecular complexity index is 510. The Morgan fingerprint density at radius 1 is 1.08 bits per heavy atom. The van der Waals surface area contributed by atoms with E-state index < -0.39 is 0 Å². The van der Waals surface area contributed by atoms with Crippen LogP contribution in [0.1, 0.15) is 12.5 Å². The Morgan fingerprint density at radius 2 is 1.71 bits per heavy atom. The predicted octanol–water partition coefficient (Wildman–Crippen LogP) is 1.45. The summed E-state index contributed by atoms with van der Waals surface area (Å²) in [6, 6.07) is 3.88. The largest absolute Gasteiger partial charge is 0.496 e. The lowest BCUT2D eigenvalue weighted by molar-refractivity contribution is 0.179. The second-order valence-electron chi connectivity index (χ2n) is 5.26. The van der Waals surface area contributed by atoms with E-state index in [1.807, 2.05) is 19.1 Å². The summed E-state index contributed by atoms with van der Waals surface area (Å²) in [4.78, 5) is 4.21. The molecule has 1 atom stereocenters. The van der Waals surface area contributed by atoms with Crippen LogP contribution in [0.2, 0.25) is 0 Å². The molecule has 0 aliphatic rings. The first-order chi connectivity index (χ1) is 11.6. The lowest BCUT2D eigenvalue weighted by Gasteiger charge is -2.18. The molecule has 0 aromatic heterocycles. The third-order valence-corrected chi connectivity index (χ3v) is 3.51. The van der Waals surface area contributed by atoms with E-state index in [4.69, 9.17) is 18.9 Å². The topological polar surface area (TPSA) is 73.3 Å². The van der Waals surface area contributed by atoms with Gasteiger partial charge < -0.3 is 29.6 Å². The van der Waals surface area contributed by atoms with Gasteiger partial charge in [0.2, 0.25) is 0 Å². The van der Waals surface area contributed by atoms with Crippen molar-refractivity contribution in [3.05, 3.63) is 17.7 Å². The van der Waals surface area contributed by atoms with Crippen molar-refractivity contribution in [2.75, 3.05) is 48.6 Å². The first-order valence-electron chi connectivity index (χ1n) is 7.84. The zero-order valence-electron chi connectivity index (χ0n) is 15.4. The fraction of sp³-hybridized carbons (Fsp3) is 0.588. The van der Waals surface area contributed by atoms with Crippen molar-refractivity contribution in [3.8, 4) is 17.2 Å². The summed E-state index contributed by atoms with van der Waals surface area (Å²) in [5, 5.41) is 6.54. The third-order valence-electron chi connectivity index (χ3n) is 3.51. The second-order valence-corrected chi connectivity index (χ2v) is 5.26. The minimum Gasteiger partial charge on any atom is -0.496 e. The normalized spacial score (nSPS) is 12.5. The molecule has 24 heavy (non-hydrogen) atoms. The van der Waals surface area contributed by atoms with E-state index in [0.717, 1.165) is 29.4 Å². The number of rotatable bonds is 9. The molecule has 1 rings (SSSR count). The van der Waals surface area contributed by atoms with Gasteiger partial charge in [0.1, 0.15) is 17.2 Å². The van der Waals surface area contributed by atoms with E-state index in [1.54, 1.807) is 35.5 Å². The molecule has 0 spiro atoms. The summed E-state index contributed by atoms with van der Waals surface area (Å²) in [6.45, 7) is 3.32. The van der Waals surface area contributed by atoms with Crippen LogP contribution < -0.4 is 24.8 Å². The van der Waals surface area contributed by atoms with Crippen LogP contribution in [-0.4, -0.2) is 60.6 Å². The molecule has 0 heterocycles. The third kappa shape index (κ3) is 5.81. The van der Waals surface area contributed by atoms with Gasteiger partial charge in [-0.05, 0) is 13.3 Å². The van der Waals surface area contributed by atoms with Crippen molar-refractivity contribution < 1.29 is 18.9 Å². The average molecular weight is 339 g/mol. The molecule has 0 amide bonds. The molecule has 0 fully saturated rings. The van der Waals surface area contributed by atoms with Crippen molar-refractivity contribution in [3.63, 3.8) is 0 Å². The highest BCUT2D eigenvalue weighted by atomic mass is 16.5. The van der Waals surface area contributed by atoms with Crippen molar-refractivity contribution in [2.45, 2.75) is 19.4 Å². The Hall–Kier alpha value is -2.15. The number of guanidine groups is 1. The summed E-state index contributed by atoms with van der Waals surface area (Å²) < 4.78 is 21.3. The molecule has 0 saturated carbocycles. The Balaban J connectivity index is 2.72. The number of hydrogen-bond acceptors (Lipinski definition) is 5. The SMILES string of the molecule is CN=C(NCCc1c(OC)cc(OC)cc1OC)NC(C)COC. The molecule has 0 aliphatic heterocycles. The number of hydrogen-bond donors (Lipinski definition) is 2. The van der Waals surface area contributed by atoms with Gasteiger partial charge in [0.25, 0.3) is 0 Å². The van der Waals surface area contributed by atoms with E-state index in [0.29, 0.717) is 18.9 Å². The second kappa shape index (κ2) is 10.6. The Morgan fingerprint density at radius 3 is 2.17 bits per heavy atom. The number of aliphatic imine (C=N–C) groups is 1. The van der Waals surface area contributed by atoms with E-state index in [2.05, 4.69) is 15.6 Å². The summed E-state index contributed by atoms with van der Waals surface area (Å²) in [5.41, 5.74) is 0.980. The molecule has 1 aromatic carbocycles. The molecule has 2 N–H and O–H groups in total. The van der Waals surface area contributed by atoms with Gasteiger partial charge in [0.05, 0.1) is 27.9 Å². The smallest absolute Gasteiger partial charge is 0.191 e. The molecular weight excluding hydrogens is 310 g/mol. The maximum Gasteiger partial charge on any atom is 0.191 e. The average Bonchev–Trinajstić information content (AvgIpc) is 2.60. The van der Waals surface area contributed by atoms with Crippen LogP contribution >= 0.6 is 0 Å². The molecule has 0 saturated heterocycles. The molecule has 7 heteroatoms. The van der Waals surface area contributed by atoms with Crippen molar-refractivity contribution in [1.29, 1.82) is 0 Å². The molecule has 1 aromatic rings. The zero-order chi connectivity index (χ0) is 17.9. The molecular formula is C17H29N3O4. The van der Waals surface area contributed by atoms with Crippen molar-refractivity contribution in [2.24, 2.45) is 4.99 Å². The highest BCUT2D eigenvalue weighted by molar-refractivity contribution is 5.79. The van der Waals surface area contributed by atoms with Crippen molar-refractivity contribution >= 4 is 5.96 Å². The van der Waals surface area contributed by atoms with E-state index in [1.165, 1.54) is 0 Å². The van der Waals surface area contributed by atoms with Gasteiger partial charge in [-0.15, -0.1) is 0 Å². The highest BCUT2D eigenvalue weighted by Gasteiger charge is 2.13. The standard InChI is InChI=1S/C17H29N3O4/c1-12(11-21-3)20-17(18-2)19-8-7-14-15(23-5)9-13(22-4)10-16(14)24-6/h9-10,12H,7-8,11H2,1-6H3,(H2,18,19,20). The number of ether oxygens (including phenoxy) is 4. The van der Waals surface area contributed by atoms with Crippen LogP contribution in [0.25, 0.3) is 0 Å². The number of methoxy groups -OCH3 is 4. The van der Waals surface area contributed by atoms with Crippen LogP contribution in [0, 0.1) is 0 Å². The lowest BCUT2D eigenvalue weighted by Crippen LogP contribution is -2.44. The maximum atomic E-state index is 5.46. The van der Waals surface area contributed by atoms with Crippen LogP contribution in [-0.2, 0) is 11.2 Å². The molecule has 1 unspecified atom stereocenters. The number of benzene rings is 1. The fourth-order valence-electron chi connectivity index (χ4n) is 2.35. The van der Waals surface area contributed by atoms with Crippen molar-refractivity contribution in [1.82, 2.24) is 10.6 Å². The summed E-state index contributed by atoms with van der Waals surface area (Å²) >= 11 is 0. The Kier molecular flexibility index (Phi) is 8.78. The monoisotopic (exact) mass is 339 g/mol. The molecule has 0 aliphatic carbocycles. The molecule has 0 radical (unpaired) electrons. The fourth-order valence-corrected chi connectivity index (χ4v) is 2.35. The minimum absolute atomic E-state index is 0.172. The van der Waals surface area contributed by atoms with Gasteiger partial charge in [-0.3, -0.25) is 4.99 Å². The van der Waals surface area contributed by atoms with Gasteiger partial charge in [-0.1, -0.05) is 0 Å². The quantitative estimate of drug-likeness (QED) is 0.524. The summed E-state index contributed by atoms with van der Waals surface area (Å²) in [6.07, 6.45) is 0.718. The van der Waals surface area contributed by atoms with Gasteiger partial charge in [-0.2, -0.15) is 0 Å². The summed E-state index contributed by atoms with van der Waals surface area (Å²) in [7, 11) is 8.31. The predicted molar refractivity (Wildman–Crippen MR) is 95.6 cm³/mol. The maximum absolute atomic E-state index is 5.46. The highest BCUT2D eigenvalue weighted by Crippen LogP contribution is 2.34. The minimum atomic E-state index is 0.172. The first kappa shape index (κ1) is 19.9. The Labute approximate surface area is 144 Å². The zero-order valence-corrected chi connectivity index (χ0v) is 15.4. The van der Waals surface area contributed by atoms with Crippen LogP contribution in [0.5, 0.6) is 17.2 Å². The van der Waals surface area contributed by atoms with E-state index in [9.17, 15) is 0 Å². The molecule has 7 nitrogen and oxygen atoms in total. The van der Waals surface area contributed by atoms with Crippen LogP contribution in [0.4, 0.5) is 0 Å². The first-order valence-corrected chi connectivity index (χ1v) is 7.84. The molecule has 136 valence electrons. The number of nitrogens with zero attached hydrogens (tertiary/aromatic N) is 1. The van der Waals surface area contributed by atoms with Gasteiger partial charge in [-0.25, -0.2) is 0 Å². The number of nitrogens with one attached hydrogen (secondary N) is 2. The van der Waals surface area contributed by atoms with Crippen LogP contribution in [0.15, 0.2) is 17.1 Å².